The number of ether oxygens (including phenoxy) is 3. The maximum absolute atomic E-state index is 14.0. The second kappa shape index (κ2) is 10.9. The third-order valence-corrected chi connectivity index (χ3v) is 6.58. The van der Waals surface area contributed by atoms with Gasteiger partial charge in [-0.05, 0) is 76.6 Å². The first-order valence-corrected chi connectivity index (χ1v) is 12.8. The van der Waals surface area contributed by atoms with Crippen LogP contribution in [0.15, 0.2) is 61.0 Å². The van der Waals surface area contributed by atoms with Crippen LogP contribution in [0.3, 0.4) is 0 Å². The normalized spacial score (nSPS) is 14.0. The average Bonchev–Trinajstić information content (AvgIpc) is 2.87. The van der Waals surface area contributed by atoms with Crippen molar-refractivity contribution < 1.29 is 23.4 Å². The van der Waals surface area contributed by atoms with E-state index in [1.165, 1.54) is 12.1 Å². The number of hydrogen-bond donors (Lipinski definition) is 2. The van der Waals surface area contributed by atoms with Crippen LogP contribution in [-0.2, 0) is 11.4 Å². The highest BCUT2D eigenvalue weighted by Crippen LogP contribution is 2.45. The quantitative estimate of drug-likeness (QED) is 0.310. The summed E-state index contributed by atoms with van der Waals surface area (Å²) in [5, 5.41) is 6.48. The molecule has 1 aliphatic heterocycles. The number of benzene rings is 3. The Morgan fingerprint density at radius 1 is 1.10 bits per heavy atom. The zero-order chi connectivity index (χ0) is 28.5. The van der Waals surface area contributed by atoms with E-state index in [2.05, 4.69) is 17.2 Å². The fourth-order valence-corrected chi connectivity index (χ4v) is 4.76. The Labute approximate surface area is 229 Å². The van der Waals surface area contributed by atoms with Crippen molar-refractivity contribution in [2.75, 3.05) is 24.4 Å². The van der Waals surface area contributed by atoms with E-state index in [0.717, 1.165) is 27.9 Å². The number of carbonyl (C=O) groups excluding carboxylic acids is 1. The highest BCUT2D eigenvalue weighted by molar-refractivity contribution is 6.08. The van der Waals surface area contributed by atoms with E-state index in [1.807, 2.05) is 58.9 Å². The number of anilines is 2. The predicted octanol–water partition coefficient (Wildman–Crippen LogP) is 6.40. The molecule has 0 aliphatic carbocycles. The lowest BCUT2D eigenvalue weighted by atomic mass is 9.91. The van der Waals surface area contributed by atoms with Gasteiger partial charge in [0, 0.05) is 36.3 Å². The first kappa shape index (κ1) is 27.8. The summed E-state index contributed by atoms with van der Waals surface area (Å²) in [6.45, 7) is 13.6. The van der Waals surface area contributed by atoms with Gasteiger partial charge in [-0.15, -0.1) is 0 Å². The fraction of sp³-hybridized carbons (Fsp3) is 0.323. The summed E-state index contributed by atoms with van der Waals surface area (Å²) in [4.78, 5) is 14.9. The number of hydrogen-bond acceptors (Lipinski definition) is 6. The molecule has 0 fully saturated rings. The smallest absolute Gasteiger partial charge is 0.251 e. The minimum Gasteiger partial charge on any atom is -0.496 e. The third-order valence-electron chi connectivity index (χ3n) is 6.58. The van der Waals surface area contributed by atoms with Gasteiger partial charge in [-0.3, -0.25) is 4.79 Å². The molecule has 1 aliphatic rings. The molecule has 1 amide bonds. The number of methoxy groups -OCH3 is 1. The monoisotopic (exact) mass is 533 g/mol. The molecule has 2 N–H and O–H groups in total. The molecule has 1 heterocycles. The number of nitrogens with one attached hydrogen (secondary N) is 2. The molecule has 0 saturated heterocycles. The number of amides is 1. The fourth-order valence-electron chi connectivity index (χ4n) is 4.76. The van der Waals surface area contributed by atoms with Crippen LogP contribution >= 0.6 is 0 Å². The number of rotatable bonds is 9. The highest BCUT2D eigenvalue weighted by atomic mass is 19.1. The van der Waals surface area contributed by atoms with Crippen LogP contribution in [0.2, 0.25) is 0 Å². The molecule has 0 unspecified atom stereocenters. The summed E-state index contributed by atoms with van der Waals surface area (Å²) < 4.78 is 31.8. The van der Waals surface area contributed by atoms with Gasteiger partial charge in [0.05, 0.1) is 18.5 Å². The van der Waals surface area contributed by atoms with Crippen molar-refractivity contribution in [3.05, 3.63) is 77.9 Å². The van der Waals surface area contributed by atoms with Crippen LogP contribution in [-0.4, -0.2) is 31.6 Å². The van der Waals surface area contributed by atoms with E-state index in [1.54, 1.807) is 31.2 Å². The molecule has 39 heavy (non-hydrogen) atoms. The standard InChI is InChI=1S/C31H36FN3O4/c1-18(2)33-20(4)39-22-11-12-24(28(16-22)37-8)23-13-14-26-29(35(7)30(36)31(5,6)34-26)25(23)17-38-27-15-21(32)10-9-19(27)3/h9-16,18,33-34H,4,17H2,1-3,5-8H3. The van der Waals surface area contributed by atoms with Crippen LogP contribution in [0.25, 0.3) is 11.1 Å². The lowest BCUT2D eigenvalue weighted by Crippen LogP contribution is -2.52. The van der Waals surface area contributed by atoms with Gasteiger partial charge < -0.3 is 29.7 Å². The van der Waals surface area contributed by atoms with E-state index in [0.29, 0.717) is 28.8 Å². The molecule has 0 atom stereocenters. The van der Waals surface area contributed by atoms with Crippen molar-refractivity contribution in [3.8, 4) is 28.4 Å². The summed E-state index contributed by atoms with van der Waals surface area (Å²) >= 11 is 0. The first-order chi connectivity index (χ1) is 18.4. The van der Waals surface area contributed by atoms with Crippen molar-refractivity contribution in [1.82, 2.24) is 5.32 Å². The van der Waals surface area contributed by atoms with Crippen molar-refractivity contribution in [2.24, 2.45) is 0 Å². The van der Waals surface area contributed by atoms with Gasteiger partial charge in [0.25, 0.3) is 5.91 Å². The first-order valence-electron chi connectivity index (χ1n) is 12.8. The van der Waals surface area contributed by atoms with Gasteiger partial charge >= 0.3 is 0 Å². The molecule has 206 valence electrons. The van der Waals surface area contributed by atoms with Crippen molar-refractivity contribution in [2.45, 2.75) is 52.8 Å². The third kappa shape index (κ3) is 5.79. The van der Waals surface area contributed by atoms with Gasteiger partial charge in [0.15, 0.2) is 5.88 Å². The Balaban J connectivity index is 1.81. The van der Waals surface area contributed by atoms with E-state index >= 15 is 0 Å². The van der Waals surface area contributed by atoms with Crippen LogP contribution in [0.4, 0.5) is 15.8 Å². The van der Waals surface area contributed by atoms with E-state index in [4.69, 9.17) is 14.2 Å². The molecule has 0 radical (unpaired) electrons. The maximum atomic E-state index is 14.0. The summed E-state index contributed by atoms with van der Waals surface area (Å²) in [7, 11) is 3.35. The van der Waals surface area contributed by atoms with Crippen LogP contribution in [0, 0.1) is 12.7 Å². The number of carbonyl (C=O) groups is 1. The maximum Gasteiger partial charge on any atom is 0.251 e. The van der Waals surface area contributed by atoms with Crippen LogP contribution in [0.1, 0.15) is 38.8 Å². The largest absolute Gasteiger partial charge is 0.496 e. The number of nitrogens with zero attached hydrogens (tertiary/aromatic N) is 1. The summed E-state index contributed by atoms with van der Waals surface area (Å²) in [5.41, 5.74) is 3.89. The molecular formula is C31H36FN3O4. The van der Waals surface area contributed by atoms with Crippen molar-refractivity contribution in [3.63, 3.8) is 0 Å². The van der Waals surface area contributed by atoms with Crippen molar-refractivity contribution >= 4 is 17.3 Å². The summed E-state index contributed by atoms with van der Waals surface area (Å²) in [6.07, 6.45) is 0. The molecule has 0 aromatic heterocycles. The van der Waals surface area contributed by atoms with Gasteiger partial charge in [-0.2, -0.15) is 0 Å². The van der Waals surface area contributed by atoms with Gasteiger partial charge in [-0.25, -0.2) is 4.39 Å². The summed E-state index contributed by atoms with van der Waals surface area (Å²) in [5.74, 6) is 1.54. The minimum atomic E-state index is -0.774. The Morgan fingerprint density at radius 3 is 2.51 bits per heavy atom. The molecule has 3 aromatic carbocycles. The van der Waals surface area contributed by atoms with E-state index in [9.17, 15) is 9.18 Å². The molecule has 7 nitrogen and oxygen atoms in total. The molecule has 0 saturated carbocycles. The molecule has 0 bridgehead atoms. The second-order valence-electron chi connectivity index (χ2n) is 10.5. The molecule has 0 spiro atoms. The Bertz CT molecular complexity index is 1420. The van der Waals surface area contributed by atoms with Crippen LogP contribution < -0.4 is 29.7 Å². The van der Waals surface area contributed by atoms with Gasteiger partial charge in [-0.1, -0.05) is 12.1 Å². The average molecular weight is 534 g/mol. The minimum absolute atomic E-state index is 0.0813. The molecule has 3 aromatic rings. The second-order valence-corrected chi connectivity index (χ2v) is 10.5. The van der Waals surface area contributed by atoms with Crippen LogP contribution in [0.5, 0.6) is 17.2 Å². The molecule has 8 heteroatoms. The Hall–Kier alpha value is -4.20. The van der Waals surface area contributed by atoms with Gasteiger partial charge in [0.2, 0.25) is 0 Å². The summed E-state index contributed by atoms with van der Waals surface area (Å²) in [6, 6.07) is 14.1. The van der Waals surface area contributed by atoms with Crippen molar-refractivity contribution in [1.29, 1.82) is 0 Å². The zero-order valence-corrected chi connectivity index (χ0v) is 23.6. The topological polar surface area (TPSA) is 72.1 Å². The molecule has 4 rings (SSSR count). The predicted molar refractivity (Wildman–Crippen MR) is 153 cm³/mol. The zero-order valence-electron chi connectivity index (χ0n) is 23.6. The van der Waals surface area contributed by atoms with E-state index in [-0.39, 0.29) is 24.4 Å². The lowest BCUT2D eigenvalue weighted by Gasteiger charge is -2.39. The lowest BCUT2D eigenvalue weighted by molar-refractivity contribution is -0.121. The van der Waals surface area contributed by atoms with E-state index < -0.39 is 5.54 Å². The molecular weight excluding hydrogens is 497 g/mol. The number of aryl methyl sites for hydroxylation is 1. The Kier molecular flexibility index (Phi) is 7.77. The SMILES string of the molecule is C=C(NC(C)C)Oc1ccc(-c2ccc3c(c2COc2cc(F)ccc2C)N(C)C(=O)C(C)(C)N3)c(OC)c1. The number of likely N-dealkylation sites (N-methyl/N-ethyl adjacent to an activating group) is 1. The highest BCUT2D eigenvalue weighted by Gasteiger charge is 2.38. The Morgan fingerprint density at radius 2 is 1.82 bits per heavy atom. The number of fused-ring (bicyclic) bond motifs is 1. The van der Waals surface area contributed by atoms with Gasteiger partial charge in [0.1, 0.15) is 35.2 Å². The number of halogens is 1.